The van der Waals surface area contributed by atoms with E-state index in [4.69, 9.17) is 27.9 Å². The molecule has 1 saturated carbocycles. The number of hydrogen-bond donors (Lipinski definition) is 2. The van der Waals surface area contributed by atoms with Crippen molar-refractivity contribution in [3.05, 3.63) is 95.3 Å². The lowest BCUT2D eigenvalue weighted by atomic mass is 9.56. The minimum atomic E-state index is -2.10. The van der Waals surface area contributed by atoms with Gasteiger partial charge in [-0.15, -0.1) is 23.2 Å². The van der Waals surface area contributed by atoms with Gasteiger partial charge < -0.3 is 14.9 Å². The van der Waals surface area contributed by atoms with Crippen molar-refractivity contribution >= 4 is 52.5 Å². The lowest BCUT2D eigenvalue weighted by molar-refractivity contribution is -0.140. The summed E-state index contributed by atoms with van der Waals surface area (Å²) in [5.41, 5.74) is 1.92. The second-order valence-electron chi connectivity index (χ2n) is 12.4. The van der Waals surface area contributed by atoms with Crippen molar-refractivity contribution in [3.63, 3.8) is 0 Å². The molecule has 0 spiro atoms. The normalized spacial score (nSPS) is 29.8. The number of halogens is 3. The Kier molecular flexibility index (Phi) is 7.37. The van der Waals surface area contributed by atoms with Crippen molar-refractivity contribution in [2.75, 3.05) is 18.6 Å². The first kappa shape index (κ1) is 31.2. The topological polar surface area (TPSA) is 124 Å². The van der Waals surface area contributed by atoms with Crippen molar-refractivity contribution in [1.29, 1.82) is 0 Å². The molecule has 7 rings (SSSR count). The van der Waals surface area contributed by atoms with Crippen LogP contribution in [-0.2, 0) is 25.6 Å². The first-order chi connectivity index (χ1) is 22.4. The zero-order chi connectivity index (χ0) is 33.4. The van der Waals surface area contributed by atoms with Gasteiger partial charge in [0.25, 0.3) is 11.8 Å². The number of carbonyl (C=O) groups excluding carboxylic acids is 4. The molecule has 4 amide bonds. The lowest BCUT2D eigenvalue weighted by Gasteiger charge is -2.50. The highest BCUT2D eigenvalue weighted by Crippen LogP contribution is 2.66. The Morgan fingerprint density at radius 1 is 0.915 bits per heavy atom. The molecule has 6 atom stereocenters. The van der Waals surface area contributed by atoms with Gasteiger partial charge in [0.05, 0.1) is 24.6 Å². The predicted octanol–water partition coefficient (Wildman–Crippen LogP) is 5.05. The average Bonchev–Trinajstić information content (AvgIpc) is 3.39. The van der Waals surface area contributed by atoms with Crippen molar-refractivity contribution in [1.82, 2.24) is 4.90 Å². The van der Waals surface area contributed by atoms with Crippen LogP contribution in [-0.4, -0.2) is 62.1 Å². The summed E-state index contributed by atoms with van der Waals surface area (Å²) in [6.45, 7) is 0.122. The van der Waals surface area contributed by atoms with Gasteiger partial charge in [0.15, 0.2) is 21.2 Å². The van der Waals surface area contributed by atoms with Gasteiger partial charge in [0.2, 0.25) is 11.8 Å². The minimum absolute atomic E-state index is 0.0836. The molecule has 0 radical (unpaired) electrons. The second-order valence-corrected chi connectivity index (χ2v) is 13.7. The SMILES string of the molecule is COc1cc(C2C3=CCC4C(=O)N(CCc5ccc(O)cc5)C(=O)C4C3CC3(Cl)C(=O)N(c4ccc(F)cc4)C(=O)C23Cl)ccc1O. The van der Waals surface area contributed by atoms with E-state index in [1.54, 1.807) is 18.2 Å². The Morgan fingerprint density at radius 2 is 1.62 bits per heavy atom. The van der Waals surface area contributed by atoms with E-state index in [0.717, 1.165) is 22.6 Å². The quantitative estimate of drug-likeness (QED) is 0.212. The van der Waals surface area contributed by atoms with E-state index in [1.165, 1.54) is 48.4 Å². The number of benzene rings is 3. The highest BCUT2D eigenvalue weighted by Gasteiger charge is 2.76. The maximum absolute atomic E-state index is 14.4. The number of ether oxygens (including phenoxy) is 1. The maximum Gasteiger partial charge on any atom is 0.258 e. The number of anilines is 1. The number of imide groups is 2. The van der Waals surface area contributed by atoms with Gasteiger partial charge in [-0.25, -0.2) is 9.29 Å². The molecule has 0 bridgehead atoms. The van der Waals surface area contributed by atoms with Crippen LogP contribution >= 0.6 is 23.2 Å². The van der Waals surface area contributed by atoms with E-state index in [1.807, 2.05) is 6.08 Å². The van der Waals surface area contributed by atoms with Crippen molar-refractivity contribution in [2.24, 2.45) is 17.8 Å². The number of hydrogen-bond acceptors (Lipinski definition) is 7. The monoisotopic (exact) mass is 678 g/mol. The number of likely N-dealkylation sites (tertiary alicyclic amines) is 1. The van der Waals surface area contributed by atoms with Crippen LogP contribution in [0.5, 0.6) is 17.2 Å². The van der Waals surface area contributed by atoms with Gasteiger partial charge in [-0.3, -0.25) is 24.1 Å². The van der Waals surface area contributed by atoms with Gasteiger partial charge in [0.1, 0.15) is 11.6 Å². The number of methoxy groups -OCH3 is 1. The van der Waals surface area contributed by atoms with Crippen LogP contribution in [0.1, 0.15) is 29.9 Å². The summed E-state index contributed by atoms with van der Waals surface area (Å²) in [5.74, 6) is -6.24. The standard InChI is InChI=1S/C35H29Cl2FN2O7/c1-47-27-16-19(4-13-26(27)42)29-23-11-12-24-28(31(44)39(30(24)43)15-14-18-2-9-22(41)10-3-18)25(23)17-34(36)32(45)40(33(46)35(29,34)37)21-7-5-20(38)6-8-21/h2-11,13,16,24-25,28-29,41-42H,12,14-15,17H2,1H3. The number of amides is 4. The number of phenols is 2. The summed E-state index contributed by atoms with van der Waals surface area (Å²) < 4.78 is 19.2. The Hall–Kier alpha value is -4.41. The third kappa shape index (κ3) is 4.48. The third-order valence-corrected chi connectivity index (χ3v) is 11.5. The molecule has 2 heterocycles. The van der Waals surface area contributed by atoms with Crippen LogP contribution in [0, 0.1) is 23.6 Å². The summed E-state index contributed by atoms with van der Waals surface area (Å²) in [7, 11) is 1.37. The van der Waals surface area contributed by atoms with E-state index in [9.17, 15) is 33.8 Å². The molecular formula is C35H29Cl2FN2O7. The zero-order valence-electron chi connectivity index (χ0n) is 25.0. The number of phenolic OH excluding ortho intramolecular Hbond substituents is 2. The van der Waals surface area contributed by atoms with Gasteiger partial charge >= 0.3 is 0 Å². The largest absolute Gasteiger partial charge is 0.508 e. The van der Waals surface area contributed by atoms with Crippen LogP contribution in [0.25, 0.3) is 0 Å². The molecule has 3 fully saturated rings. The van der Waals surface area contributed by atoms with Crippen molar-refractivity contribution in [2.45, 2.75) is 34.9 Å². The number of alkyl halides is 2. The fourth-order valence-corrected chi connectivity index (χ4v) is 8.77. The van der Waals surface area contributed by atoms with E-state index >= 15 is 0 Å². The molecule has 2 saturated heterocycles. The summed E-state index contributed by atoms with van der Waals surface area (Å²) >= 11 is 14.7. The van der Waals surface area contributed by atoms with Crippen molar-refractivity contribution < 1.29 is 38.5 Å². The molecular weight excluding hydrogens is 650 g/mol. The van der Waals surface area contributed by atoms with Crippen LogP contribution in [0.3, 0.4) is 0 Å². The Labute approximate surface area is 279 Å². The second kappa shape index (κ2) is 11.1. The van der Waals surface area contributed by atoms with Gasteiger partial charge in [-0.05, 0) is 84.8 Å². The summed E-state index contributed by atoms with van der Waals surface area (Å²) in [6, 6.07) is 15.8. The molecule has 2 aliphatic carbocycles. The fraction of sp³-hybridized carbons (Fsp3) is 0.314. The lowest BCUT2D eigenvalue weighted by Crippen LogP contribution is -2.60. The molecule has 6 unspecified atom stereocenters. The molecule has 47 heavy (non-hydrogen) atoms. The molecule has 12 heteroatoms. The Balaban J connectivity index is 1.32. The molecule has 9 nitrogen and oxygen atoms in total. The van der Waals surface area contributed by atoms with Crippen molar-refractivity contribution in [3.8, 4) is 17.2 Å². The molecule has 242 valence electrons. The number of fused-ring (bicyclic) bond motifs is 4. The molecule has 2 aliphatic heterocycles. The molecule has 2 N–H and O–H groups in total. The van der Waals surface area contributed by atoms with Crippen LogP contribution in [0.2, 0.25) is 0 Å². The predicted molar refractivity (Wildman–Crippen MR) is 170 cm³/mol. The fourth-order valence-electron chi connectivity index (χ4n) is 7.84. The highest BCUT2D eigenvalue weighted by atomic mass is 35.5. The third-order valence-electron chi connectivity index (χ3n) is 10.1. The first-order valence-corrected chi connectivity index (χ1v) is 15.9. The highest BCUT2D eigenvalue weighted by molar-refractivity contribution is 6.58. The minimum Gasteiger partial charge on any atom is -0.508 e. The van der Waals surface area contributed by atoms with Gasteiger partial charge in [-0.2, -0.15) is 0 Å². The molecule has 0 aromatic heterocycles. The number of rotatable bonds is 6. The zero-order valence-corrected chi connectivity index (χ0v) is 26.5. The van der Waals surface area contributed by atoms with E-state index in [0.29, 0.717) is 17.6 Å². The summed E-state index contributed by atoms with van der Waals surface area (Å²) in [6.07, 6.45) is 2.20. The number of aromatic hydroxyl groups is 2. The van der Waals surface area contributed by atoms with Gasteiger partial charge in [-0.1, -0.05) is 29.8 Å². The van der Waals surface area contributed by atoms with Crippen LogP contribution in [0.15, 0.2) is 78.4 Å². The average molecular weight is 680 g/mol. The number of allylic oxidation sites excluding steroid dienone is 2. The molecule has 3 aromatic carbocycles. The van der Waals surface area contributed by atoms with E-state index in [-0.39, 0.29) is 48.2 Å². The number of nitrogens with zero attached hydrogens (tertiary/aromatic N) is 2. The van der Waals surface area contributed by atoms with E-state index < -0.39 is 57.0 Å². The first-order valence-electron chi connectivity index (χ1n) is 15.1. The van der Waals surface area contributed by atoms with Crippen LogP contribution in [0.4, 0.5) is 10.1 Å². The van der Waals surface area contributed by atoms with E-state index in [2.05, 4.69) is 0 Å². The molecule has 4 aliphatic rings. The molecule has 3 aromatic rings. The smallest absolute Gasteiger partial charge is 0.258 e. The summed E-state index contributed by atoms with van der Waals surface area (Å²) in [4.78, 5) is 54.5. The Morgan fingerprint density at radius 3 is 2.30 bits per heavy atom. The maximum atomic E-state index is 14.4. The van der Waals surface area contributed by atoms with Crippen LogP contribution < -0.4 is 9.64 Å². The van der Waals surface area contributed by atoms with Gasteiger partial charge in [0, 0.05) is 12.5 Å². The number of carbonyl (C=O) groups is 4. The Bertz CT molecular complexity index is 1870. The summed E-state index contributed by atoms with van der Waals surface area (Å²) in [5, 5.41) is 20.0.